The van der Waals surface area contributed by atoms with Gasteiger partial charge in [-0.3, -0.25) is 0 Å². The number of hydrogen-bond donors (Lipinski definition) is 0. The largest absolute Gasteiger partial charge is 1.00 e. The van der Waals surface area contributed by atoms with E-state index in [1.54, 1.807) is 6.92 Å². The molecule has 0 radical (unpaired) electrons. The molecule has 0 spiro atoms. The average Bonchev–Trinajstić information content (AvgIpc) is 2.74. The molecule has 0 unspecified atom stereocenters. The summed E-state index contributed by atoms with van der Waals surface area (Å²) in [5.41, 5.74) is -0.816. The van der Waals surface area contributed by atoms with Crippen LogP contribution in [0.2, 0.25) is 0 Å². The molecule has 2 aromatic rings. The van der Waals surface area contributed by atoms with Crippen LogP contribution in [0.25, 0.3) is 0 Å². The van der Waals surface area contributed by atoms with Gasteiger partial charge in [0.1, 0.15) is 5.01 Å². The molecule has 0 saturated heterocycles. The molecule has 0 amide bonds. The molecular weight excluding hydrogens is 366 g/mol. The van der Waals surface area contributed by atoms with Gasteiger partial charge in [-0.2, -0.15) is 0 Å². The maximum absolute atomic E-state index is 10.9. The van der Waals surface area contributed by atoms with E-state index < -0.39 is 23.1 Å². The summed E-state index contributed by atoms with van der Waals surface area (Å²) in [5.74, 6) is -3.11. The molecule has 2 rings (SSSR count). The van der Waals surface area contributed by atoms with Crippen molar-refractivity contribution in [1.82, 2.24) is 10.2 Å². The van der Waals surface area contributed by atoms with Gasteiger partial charge in [0.2, 0.25) is 0 Å². The first-order chi connectivity index (χ1) is 8.97. The SMILES string of the molecule is Cc1nnc(Sc2ccc(C(=O)[O-])c(C(=O)[O-])c2)s1.[K+].[K+]. The molecule has 1 heterocycles. The molecule has 0 aliphatic rings. The summed E-state index contributed by atoms with van der Waals surface area (Å²) in [6.07, 6.45) is 0. The number of aryl methyl sites for hydroxylation is 1. The first-order valence-electron chi connectivity index (χ1n) is 5.02. The molecule has 1 aromatic heterocycles. The topological polar surface area (TPSA) is 106 Å². The quantitative estimate of drug-likeness (QED) is 0.492. The van der Waals surface area contributed by atoms with E-state index in [1.165, 1.54) is 41.3 Å². The summed E-state index contributed by atoms with van der Waals surface area (Å²) < 4.78 is 0.642. The predicted molar refractivity (Wildman–Crippen MR) is 63.9 cm³/mol. The molecule has 0 aliphatic heterocycles. The van der Waals surface area contributed by atoms with E-state index in [0.29, 0.717) is 9.24 Å². The van der Waals surface area contributed by atoms with Crippen molar-refractivity contribution in [3.05, 3.63) is 34.3 Å². The van der Waals surface area contributed by atoms with Crippen molar-refractivity contribution in [2.45, 2.75) is 16.2 Å². The molecule has 0 bridgehead atoms. The zero-order valence-corrected chi connectivity index (χ0v) is 19.5. The smallest absolute Gasteiger partial charge is 0.545 e. The van der Waals surface area contributed by atoms with Crippen LogP contribution in [0.1, 0.15) is 25.7 Å². The van der Waals surface area contributed by atoms with E-state index in [0.717, 1.165) is 5.01 Å². The molecule has 1 aromatic carbocycles. The van der Waals surface area contributed by atoms with E-state index in [2.05, 4.69) is 10.2 Å². The second-order valence-corrected chi connectivity index (χ2v) is 5.97. The van der Waals surface area contributed by atoms with Crippen molar-refractivity contribution in [1.29, 1.82) is 0 Å². The second-order valence-electron chi connectivity index (χ2n) is 3.47. The number of carboxylic acid groups (broad SMARTS) is 2. The summed E-state index contributed by atoms with van der Waals surface area (Å²) in [7, 11) is 0. The fourth-order valence-electron chi connectivity index (χ4n) is 1.35. The van der Waals surface area contributed by atoms with Crippen LogP contribution in [0.3, 0.4) is 0 Å². The van der Waals surface area contributed by atoms with Gasteiger partial charge < -0.3 is 19.8 Å². The number of carbonyl (C=O) groups is 2. The third-order valence-corrected chi connectivity index (χ3v) is 4.02. The normalized spacial score (nSPS) is 9.38. The van der Waals surface area contributed by atoms with Crippen molar-refractivity contribution in [2.24, 2.45) is 0 Å². The first kappa shape index (κ1) is 22.3. The number of nitrogens with zero attached hydrogens (tertiary/aromatic N) is 2. The van der Waals surface area contributed by atoms with Gasteiger partial charge in [-0.25, -0.2) is 0 Å². The minimum Gasteiger partial charge on any atom is -0.545 e. The van der Waals surface area contributed by atoms with Crippen LogP contribution in [-0.4, -0.2) is 22.1 Å². The van der Waals surface area contributed by atoms with Gasteiger partial charge in [-0.1, -0.05) is 29.2 Å². The molecule has 21 heavy (non-hydrogen) atoms. The number of carbonyl (C=O) groups excluding carboxylic acids is 2. The van der Waals surface area contributed by atoms with Crippen LogP contribution in [0.15, 0.2) is 27.4 Å². The molecule has 6 nitrogen and oxygen atoms in total. The predicted octanol–water partition coefficient (Wildman–Crippen LogP) is -6.27. The van der Waals surface area contributed by atoms with E-state index in [-0.39, 0.29) is 103 Å². The van der Waals surface area contributed by atoms with Gasteiger partial charge in [-0.05, 0) is 19.1 Å². The van der Waals surface area contributed by atoms with Crippen LogP contribution in [0.5, 0.6) is 0 Å². The second kappa shape index (κ2) is 10.3. The maximum Gasteiger partial charge on any atom is 1.00 e. The van der Waals surface area contributed by atoms with E-state index in [1.807, 2.05) is 0 Å². The van der Waals surface area contributed by atoms with Gasteiger partial charge >= 0.3 is 103 Å². The van der Waals surface area contributed by atoms with Crippen molar-refractivity contribution in [2.75, 3.05) is 0 Å². The van der Waals surface area contributed by atoms with Crippen molar-refractivity contribution in [3.8, 4) is 0 Å². The van der Waals surface area contributed by atoms with E-state index in [9.17, 15) is 19.8 Å². The number of hydrogen-bond acceptors (Lipinski definition) is 8. The van der Waals surface area contributed by atoms with E-state index in [4.69, 9.17) is 0 Å². The Morgan fingerprint density at radius 3 is 2.19 bits per heavy atom. The molecule has 0 fully saturated rings. The summed E-state index contributed by atoms with van der Waals surface area (Å²) in [5, 5.41) is 30.2. The minimum atomic E-state index is -1.56. The molecule has 98 valence electrons. The first-order valence-corrected chi connectivity index (χ1v) is 6.65. The number of aromatic carboxylic acids is 2. The minimum absolute atomic E-state index is 0. The molecule has 0 saturated carbocycles. The Morgan fingerprint density at radius 2 is 1.71 bits per heavy atom. The van der Waals surface area contributed by atoms with Crippen molar-refractivity contribution < 1.29 is 123 Å². The number of carboxylic acids is 2. The fraction of sp³-hybridized carbons (Fsp3) is 0.0909. The Hall–Kier alpha value is 1.34. The van der Waals surface area contributed by atoms with Gasteiger partial charge in [0.05, 0.1) is 11.9 Å². The van der Waals surface area contributed by atoms with Crippen molar-refractivity contribution >= 4 is 35.0 Å². The third kappa shape index (κ3) is 6.39. The van der Waals surface area contributed by atoms with Crippen molar-refractivity contribution in [3.63, 3.8) is 0 Å². The molecule has 10 heteroatoms. The van der Waals surface area contributed by atoms with Gasteiger partial charge in [-0.15, -0.1) is 10.2 Å². The molecule has 0 atom stereocenters. The van der Waals surface area contributed by atoms with Crippen LogP contribution < -0.4 is 113 Å². The van der Waals surface area contributed by atoms with Crippen LogP contribution in [0.4, 0.5) is 0 Å². The summed E-state index contributed by atoms with van der Waals surface area (Å²) >= 11 is 2.56. The van der Waals surface area contributed by atoms with Gasteiger partial charge in [0.15, 0.2) is 4.34 Å². The summed E-state index contributed by atoms with van der Waals surface area (Å²) in [4.78, 5) is 22.2. The average molecular weight is 373 g/mol. The summed E-state index contributed by atoms with van der Waals surface area (Å²) in [6.45, 7) is 1.80. The standard InChI is InChI=1S/C11H8N2O4S2.2K/c1-5-12-13-11(18-5)19-6-2-3-7(9(14)15)8(4-6)10(16)17;;/h2-4H,1H3,(H,14,15)(H,16,17);;/q;2*+1/p-2. The third-order valence-electron chi connectivity index (χ3n) is 2.14. The maximum atomic E-state index is 10.9. The Morgan fingerprint density at radius 1 is 1.10 bits per heavy atom. The molecule has 0 N–H and O–H groups in total. The van der Waals surface area contributed by atoms with Crippen LogP contribution in [0, 0.1) is 6.92 Å². The zero-order chi connectivity index (χ0) is 14.0. The van der Waals surface area contributed by atoms with Gasteiger partial charge in [0, 0.05) is 16.0 Å². The Bertz CT molecular complexity index is 663. The number of rotatable bonds is 4. The Balaban J connectivity index is 0.00000200. The number of benzene rings is 1. The fourth-order valence-corrected chi connectivity index (χ4v) is 3.18. The zero-order valence-electron chi connectivity index (χ0n) is 11.6. The molecular formula is C11H6K2N2O4S2. The Labute approximate surface area is 214 Å². The monoisotopic (exact) mass is 372 g/mol. The van der Waals surface area contributed by atoms with Crippen LogP contribution in [-0.2, 0) is 0 Å². The van der Waals surface area contributed by atoms with Gasteiger partial charge in [0.25, 0.3) is 0 Å². The van der Waals surface area contributed by atoms with E-state index >= 15 is 0 Å². The Kier molecular flexibility index (Phi) is 10.9. The number of aromatic nitrogens is 2. The van der Waals surface area contributed by atoms with Crippen LogP contribution >= 0.6 is 23.1 Å². The summed E-state index contributed by atoms with van der Waals surface area (Å²) in [6, 6.07) is 3.89. The molecule has 0 aliphatic carbocycles.